The summed E-state index contributed by atoms with van der Waals surface area (Å²) in [6, 6.07) is 7.67. The molecule has 0 atom stereocenters. The first kappa shape index (κ1) is 12.7. The minimum absolute atomic E-state index is 0.269. The number of imidazole rings is 1. The van der Waals surface area contributed by atoms with Gasteiger partial charge in [-0.25, -0.2) is 4.98 Å². The Morgan fingerprint density at radius 3 is 3.05 bits per heavy atom. The zero-order valence-electron chi connectivity index (χ0n) is 10.8. The van der Waals surface area contributed by atoms with Gasteiger partial charge in [0.05, 0.1) is 17.1 Å². The third kappa shape index (κ3) is 2.16. The molecule has 0 saturated carbocycles. The van der Waals surface area contributed by atoms with Crippen LogP contribution in [-0.4, -0.2) is 21.3 Å². The van der Waals surface area contributed by atoms with Crippen LogP contribution in [0, 0.1) is 4.77 Å². The molecule has 3 heterocycles. The number of rotatable bonds is 2. The summed E-state index contributed by atoms with van der Waals surface area (Å²) < 4.78 is 13.2. The highest BCUT2D eigenvalue weighted by molar-refractivity contribution is 7.71. The van der Waals surface area contributed by atoms with Crippen LogP contribution in [0.3, 0.4) is 0 Å². The van der Waals surface area contributed by atoms with Crippen molar-refractivity contribution in [2.24, 2.45) is 0 Å². The molecule has 0 fully saturated rings. The number of benzene rings is 1. The molecule has 7 heteroatoms. The third-order valence-corrected chi connectivity index (χ3v) is 3.88. The normalized spacial score (nSPS) is 13.0. The van der Waals surface area contributed by atoms with E-state index >= 15 is 0 Å². The number of H-pyrrole nitrogens is 1. The molecule has 0 bridgehead atoms. The van der Waals surface area contributed by atoms with Crippen LogP contribution in [0.5, 0.6) is 11.5 Å². The van der Waals surface area contributed by atoms with Crippen LogP contribution in [-0.2, 0) is 6.54 Å². The fourth-order valence-electron chi connectivity index (χ4n) is 2.39. The number of hydrogen-bond donors (Lipinski definition) is 1. The molecule has 1 aromatic carbocycles. The Morgan fingerprint density at radius 1 is 1.29 bits per heavy atom. The number of nitrogens with zero attached hydrogens (tertiary/aromatic N) is 2. The average molecular weight is 320 g/mol. The summed E-state index contributed by atoms with van der Waals surface area (Å²) >= 11 is 11.3. The van der Waals surface area contributed by atoms with Crippen molar-refractivity contribution >= 4 is 35.0 Å². The molecule has 1 aliphatic heterocycles. The standard InChI is InChI=1S/C14H10ClN3O2S/c15-9-4-10-13(16-5-9)18(14(21)17-10)6-8-1-2-11-12(3-8)20-7-19-11/h1-5H,6-7H2,(H,17,21). The highest BCUT2D eigenvalue weighted by Gasteiger charge is 2.14. The van der Waals surface area contributed by atoms with E-state index in [1.54, 1.807) is 6.20 Å². The molecule has 21 heavy (non-hydrogen) atoms. The Morgan fingerprint density at radius 2 is 2.14 bits per heavy atom. The lowest BCUT2D eigenvalue weighted by atomic mass is 10.2. The number of hydrogen-bond acceptors (Lipinski definition) is 4. The lowest BCUT2D eigenvalue weighted by molar-refractivity contribution is 0.174. The van der Waals surface area contributed by atoms with Crippen LogP contribution in [0.4, 0.5) is 0 Å². The number of halogens is 1. The fraction of sp³-hybridized carbons (Fsp3) is 0.143. The van der Waals surface area contributed by atoms with Crippen molar-refractivity contribution in [3.63, 3.8) is 0 Å². The number of aromatic nitrogens is 3. The van der Waals surface area contributed by atoms with E-state index in [1.807, 2.05) is 28.8 Å². The highest BCUT2D eigenvalue weighted by atomic mass is 35.5. The van der Waals surface area contributed by atoms with E-state index in [4.69, 9.17) is 33.3 Å². The van der Waals surface area contributed by atoms with Crippen molar-refractivity contribution in [3.8, 4) is 11.5 Å². The molecule has 2 aromatic heterocycles. The Hall–Kier alpha value is -2.05. The summed E-state index contributed by atoms with van der Waals surface area (Å²) in [6.45, 7) is 0.870. The van der Waals surface area contributed by atoms with E-state index in [1.165, 1.54) is 0 Å². The van der Waals surface area contributed by atoms with Crippen LogP contribution < -0.4 is 9.47 Å². The Kier molecular flexibility index (Phi) is 2.87. The van der Waals surface area contributed by atoms with Gasteiger partial charge in [-0.15, -0.1) is 0 Å². The maximum Gasteiger partial charge on any atom is 0.231 e. The topological polar surface area (TPSA) is 52.1 Å². The first-order valence-electron chi connectivity index (χ1n) is 6.33. The molecular weight excluding hydrogens is 310 g/mol. The van der Waals surface area contributed by atoms with Gasteiger partial charge < -0.3 is 14.5 Å². The molecule has 0 aliphatic carbocycles. The van der Waals surface area contributed by atoms with Gasteiger partial charge in [-0.2, -0.15) is 0 Å². The monoisotopic (exact) mass is 319 g/mol. The first-order valence-corrected chi connectivity index (χ1v) is 7.12. The van der Waals surface area contributed by atoms with Crippen LogP contribution in [0.2, 0.25) is 5.02 Å². The molecule has 1 N–H and O–H groups in total. The number of pyridine rings is 1. The van der Waals surface area contributed by atoms with Crippen molar-refractivity contribution in [3.05, 3.63) is 45.8 Å². The molecule has 0 saturated heterocycles. The predicted octanol–water partition coefficient (Wildman–Crippen LogP) is 3.52. The van der Waals surface area contributed by atoms with Crippen molar-refractivity contribution in [2.45, 2.75) is 6.54 Å². The van der Waals surface area contributed by atoms with Crippen LogP contribution in [0.25, 0.3) is 11.2 Å². The van der Waals surface area contributed by atoms with Gasteiger partial charge in [-0.1, -0.05) is 17.7 Å². The van der Waals surface area contributed by atoms with Crippen molar-refractivity contribution in [1.82, 2.24) is 14.5 Å². The summed E-state index contributed by atoms with van der Waals surface area (Å²) in [5.74, 6) is 1.53. The van der Waals surface area contributed by atoms with Crippen molar-refractivity contribution in [1.29, 1.82) is 0 Å². The predicted molar refractivity (Wildman–Crippen MR) is 81.6 cm³/mol. The minimum Gasteiger partial charge on any atom is -0.454 e. The molecule has 0 amide bonds. The van der Waals surface area contributed by atoms with Crippen LogP contribution >= 0.6 is 23.8 Å². The summed E-state index contributed by atoms with van der Waals surface area (Å²) in [7, 11) is 0. The molecule has 0 unspecified atom stereocenters. The van der Waals surface area contributed by atoms with Gasteiger partial charge >= 0.3 is 0 Å². The zero-order valence-corrected chi connectivity index (χ0v) is 12.4. The van der Waals surface area contributed by atoms with Gasteiger partial charge in [0.25, 0.3) is 0 Å². The maximum absolute atomic E-state index is 5.95. The minimum atomic E-state index is 0.269. The second kappa shape index (κ2) is 4.75. The molecule has 0 spiro atoms. The van der Waals surface area contributed by atoms with Gasteiger partial charge in [0, 0.05) is 6.20 Å². The zero-order chi connectivity index (χ0) is 14.4. The van der Waals surface area contributed by atoms with Gasteiger partial charge in [0.1, 0.15) is 0 Å². The van der Waals surface area contributed by atoms with Gasteiger partial charge in [0.2, 0.25) is 6.79 Å². The Balaban J connectivity index is 1.77. The molecular formula is C14H10ClN3O2S. The number of ether oxygens (including phenoxy) is 2. The SMILES string of the molecule is S=c1[nH]c2cc(Cl)cnc2n1Cc1ccc2c(c1)OCO2. The quantitative estimate of drug-likeness (QED) is 0.734. The second-order valence-corrected chi connectivity index (χ2v) is 5.55. The number of fused-ring (bicyclic) bond motifs is 2. The molecule has 4 rings (SSSR count). The summed E-state index contributed by atoms with van der Waals surface area (Å²) in [4.78, 5) is 7.46. The number of aromatic amines is 1. The van der Waals surface area contributed by atoms with E-state index in [-0.39, 0.29) is 6.79 Å². The lowest BCUT2D eigenvalue weighted by Crippen LogP contribution is -2.00. The summed E-state index contributed by atoms with van der Waals surface area (Å²) in [6.07, 6.45) is 1.61. The van der Waals surface area contributed by atoms with Crippen LogP contribution in [0.15, 0.2) is 30.5 Å². The van der Waals surface area contributed by atoms with E-state index < -0.39 is 0 Å². The Labute approximate surface area is 130 Å². The molecule has 0 radical (unpaired) electrons. The Bertz CT molecular complexity index is 903. The van der Waals surface area contributed by atoms with Gasteiger partial charge in [0.15, 0.2) is 21.9 Å². The molecule has 1 aliphatic rings. The van der Waals surface area contributed by atoms with Gasteiger partial charge in [-0.05, 0) is 36.0 Å². The largest absolute Gasteiger partial charge is 0.454 e. The molecule has 3 aromatic rings. The molecule has 106 valence electrons. The number of nitrogens with one attached hydrogen (secondary N) is 1. The smallest absolute Gasteiger partial charge is 0.231 e. The maximum atomic E-state index is 5.95. The van der Waals surface area contributed by atoms with E-state index in [0.29, 0.717) is 16.3 Å². The van der Waals surface area contributed by atoms with Crippen molar-refractivity contribution in [2.75, 3.05) is 6.79 Å². The average Bonchev–Trinajstić information content (AvgIpc) is 3.03. The van der Waals surface area contributed by atoms with E-state index in [2.05, 4.69) is 9.97 Å². The fourth-order valence-corrected chi connectivity index (χ4v) is 2.81. The van der Waals surface area contributed by atoms with E-state index in [0.717, 1.165) is 28.2 Å². The third-order valence-electron chi connectivity index (χ3n) is 3.35. The van der Waals surface area contributed by atoms with Crippen LogP contribution in [0.1, 0.15) is 5.56 Å². The highest BCUT2D eigenvalue weighted by Crippen LogP contribution is 2.32. The first-order chi connectivity index (χ1) is 10.2. The van der Waals surface area contributed by atoms with E-state index in [9.17, 15) is 0 Å². The van der Waals surface area contributed by atoms with Gasteiger partial charge in [-0.3, -0.25) is 4.57 Å². The lowest BCUT2D eigenvalue weighted by Gasteiger charge is -2.05. The summed E-state index contributed by atoms with van der Waals surface area (Å²) in [5.41, 5.74) is 2.67. The second-order valence-electron chi connectivity index (χ2n) is 4.73. The molecule has 5 nitrogen and oxygen atoms in total. The summed E-state index contributed by atoms with van der Waals surface area (Å²) in [5, 5.41) is 0.578. The van der Waals surface area contributed by atoms with Crippen molar-refractivity contribution < 1.29 is 9.47 Å².